The minimum atomic E-state index is -0.0348. The standard InChI is InChI=1S/C15H17ClN2O2/c1-18-9-3-4-12(18)6-8-15(19)17-11-5-7-14(20-2)13(16)10-11/h3-5,7,9-10H,6,8H2,1-2H3,(H,17,19). The molecule has 1 aromatic carbocycles. The van der Waals surface area contributed by atoms with E-state index in [1.165, 1.54) is 0 Å². The van der Waals surface area contributed by atoms with Gasteiger partial charge in [0.15, 0.2) is 0 Å². The number of rotatable bonds is 5. The first-order valence-corrected chi connectivity index (χ1v) is 6.71. The number of hydrogen-bond donors (Lipinski definition) is 1. The Kier molecular flexibility index (Phi) is 4.69. The topological polar surface area (TPSA) is 43.3 Å². The minimum Gasteiger partial charge on any atom is -0.495 e. The van der Waals surface area contributed by atoms with Crippen molar-refractivity contribution in [2.45, 2.75) is 12.8 Å². The average Bonchev–Trinajstić information content (AvgIpc) is 2.82. The number of benzene rings is 1. The first-order valence-electron chi connectivity index (χ1n) is 6.33. The highest BCUT2D eigenvalue weighted by atomic mass is 35.5. The van der Waals surface area contributed by atoms with E-state index in [0.717, 1.165) is 5.69 Å². The van der Waals surface area contributed by atoms with Crippen LogP contribution in [0.15, 0.2) is 36.5 Å². The van der Waals surface area contributed by atoms with E-state index in [0.29, 0.717) is 29.3 Å². The molecule has 0 unspecified atom stereocenters. The molecule has 106 valence electrons. The first kappa shape index (κ1) is 14.5. The van der Waals surface area contributed by atoms with E-state index in [1.807, 2.05) is 29.9 Å². The molecule has 0 spiro atoms. The number of hydrogen-bond acceptors (Lipinski definition) is 2. The predicted octanol–water partition coefficient (Wildman–Crippen LogP) is 3.26. The second-order valence-electron chi connectivity index (χ2n) is 4.51. The van der Waals surface area contributed by atoms with Gasteiger partial charge in [0, 0.05) is 31.0 Å². The van der Waals surface area contributed by atoms with Gasteiger partial charge in [-0.05, 0) is 36.8 Å². The van der Waals surface area contributed by atoms with E-state index < -0.39 is 0 Å². The third kappa shape index (κ3) is 3.54. The number of methoxy groups -OCH3 is 1. The van der Waals surface area contributed by atoms with Crippen molar-refractivity contribution in [3.8, 4) is 5.75 Å². The van der Waals surface area contributed by atoms with E-state index >= 15 is 0 Å². The van der Waals surface area contributed by atoms with Crippen LogP contribution in [0.25, 0.3) is 0 Å². The van der Waals surface area contributed by atoms with Crippen molar-refractivity contribution in [2.24, 2.45) is 7.05 Å². The van der Waals surface area contributed by atoms with Crippen molar-refractivity contribution in [3.63, 3.8) is 0 Å². The third-order valence-electron chi connectivity index (χ3n) is 3.10. The third-order valence-corrected chi connectivity index (χ3v) is 3.39. The molecule has 0 aliphatic heterocycles. The average molecular weight is 293 g/mol. The lowest BCUT2D eigenvalue weighted by atomic mass is 10.2. The van der Waals surface area contributed by atoms with Crippen LogP contribution in [-0.2, 0) is 18.3 Å². The van der Waals surface area contributed by atoms with Crippen LogP contribution < -0.4 is 10.1 Å². The summed E-state index contributed by atoms with van der Waals surface area (Å²) in [6.45, 7) is 0. The summed E-state index contributed by atoms with van der Waals surface area (Å²) >= 11 is 6.01. The first-order chi connectivity index (χ1) is 9.60. The van der Waals surface area contributed by atoms with Gasteiger partial charge in [-0.15, -0.1) is 0 Å². The Morgan fingerprint density at radius 2 is 2.20 bits per heavy atom. The summed E-state index contributed by atoms with van der Waals surface area (Å²) in [6, 6.07) is 9.16. The number of nitrogens with zero attached hydrogens (tertiary/aromatic N) is 1. The molecule has 1 heterocycles. The van der Waals surface area contributed by atoms with E-state index in [1.54, 1.807) is 25.3 Å². The fourth-order valence-electron chi connectivity index (χ4n) is 1.97. The number of ether oxygens (including phenoxy) is 1. The number of carbonyl (C=O) groups is 1. The summed E-state index contributed by atoms with van der Waals surface area (Å²) in [5.41, 5.74) is 1.81. The van der Waals surface area contributed by atoms with Crippen LogP contribution in [0.2, 0.25) is 5.02 Å². The normalized spacial score (nSPS) is 10.3. The fourth-order valence-corrected chi connectivity index (χ4v) is 2.22. The Morgan fingerprint density at radius 1 is 1.40 bits per heavy atom. The quantitative estimate of drug-likeness (QED) is 0.919. The predicted molar refractivity (Wildman–Crippen MR) is 80.4 cm³/mol. The van der Waals surface area contributed by atoms with Gasteiger partial charge in [-0.3, -0.25) is 4.79 Å². The van der Waals surface area contributed by atoms with Gasteiger partial charge in [-0.25, -0.2) is 0 Å². The van der Waals surface area contributed by atoms with Crippen LogP contribution in [0.4, 0.5) is 5.69 Å². The molecule has 0 bridgehead atoms. The highest BCUT2D eigenvalue weighted by Crippen LogP contribution is 2.27. The van der Waals surface area contributed by atoms with Crippen molar-refractivity contribution in [1.29, 1.82) is 0 Å². The van der Waals surface area contributed by atoms with Crippen LogP contribution in [0, 0.1) is 0 Å². The molecule has 0 saturated carbocycles. The van der Waals surface area contributed by atoms with Crippen molar-refractivity contribution in [1.82, 2.24) is 4.57 Å². The van der Waals surface area contributed by atoms with E-state index in [-0.39, 0.29) is 5.91 Å². The maximum atomic E-state index is 11.9. The second-order valence-corrected chi connectivity index (χ2v) is 4.92. The van der Waals surface area contributed by atoms with Crippen molar-refractivity contribution < 1.29 is 9.53 Å². The molecular formula is C15H17ClN2O2. The zero-order valence-electron chi connectivity index (χ0n) is 11.5. The van der Waals surface area contributed by atoms with Gasteiger partial charge in [0.1, 0.15) is 5.75 Å². The Balaban J connectivity index is 1.91. The Hall–Kier alpha value is -1.94. The summed E-state index contributed by atoms with van der Waals surface area (Å²) in [7, 11) is 3.52. The molecule has 20 heavy (non-hydrogen) atoms. The maximum absolute atomic E-state index is 11.9. The molecule has 0 radical (unpaired) electrons. The van der Waals surface area contributed by atoms with Gasteiger partial charge in [0.2, 0.25) is 5.91 Å². The van der Waals surface area contributed by atoms with Gasteiger partial charge >= 0.3 is 0 Å². The number of carbonyl (C=O) groups excluding carboxylic acids is 1. The van der Waals surface area contributed by atoms with Crippen LogP contribution in [0.3, 0.4) is 0 Å². The van der Waals surface area contributed by atoms with Crippen molar-refractivity contribution in [3.05, 3.63) is 47.2 Å². The molecule has 0 atom stereocenters. The van der Waals surface area contributed by atoms with Gasteiger partial charge < -0.3 is 14.6 Å². The highest BCUT2D eigenvalue weighted by Gasteiger charge is 2.07. The van der Waals surface area contributed by atoms with Crippen LogP contribution in [0.5, 0.6) is 5.75 Å². The van der Waals surface area contributed by atoms with Gasteiger partial charge in [0.05, 0.1) is 12.1 Å². The molecule has 0 aliphatic rings. The SMILES string of the molecule is COc1ccc(NC(=O)CCc2cccn2C)cc1Cl. The fraction of sp³-hybridized carbons (Fsp3) is 0.267. The Labute approximate surface area is 123 Å². The number of halogens is 1. The van der Waals surface area contributed by atoms with Crippen molar-refractivity contribution >= 4 is 23.2 Å². The van der Waals surface area contributed by atoms with E-state index in [9.17, 15) is 4.79 Å². The molecule has 5 heteroatoms. The molecule has 2 rings (SSSR count). The molecule has 2 aromatic rings. The van der Waals surface area contributed by atoms with Gasteiger partial charge in [-0.2, -0.15) is 0 Å². The zero-order chi connectivity index (χ0) is 14.5. The Morgan fingerprint density at radius 3 is 2.80 bits per heavy atom. The molecular weight excluding hydrogens is 276 g/mol. The lowest BCUT2D eigenvalue weighted by Gasteiger charge is -2.08. The number of aromatic nitrogens is 1. The van der Waals surface area contributed by atoms with Crippen LogP contribution in [-0.4, -0.2) is 17.6 Å². The zero-order valence-corrected chi connectivity index (χ0v) is 12.3. The molecule has 1 N–H and O–H groups in total. The second kappa shape index (κ2) is 6.48. The summed E-state index contributed by atoms with van der Waals surface area (Å²) in [5.74, 6) is 0.556. The largest absolute Gasteiger partial charge is 0.495 e. The monoisotopic (exact) mass is 292 g/mol. The number of anilines is 1. The number of aryl methyl sites for hydroxylation is 2. The summed E-state index contributed by atoms with van der Waals surface area (Å²) in [5, 5.41) is 3.31. The van der Waals surface area contributed by atoms with E-state index in [2.05, 4.69) is 5.32 Å². The van der Waals surface area contributed by atoms with Gasteiger partial charge in [0.25, 0.3) is 0 Å². The van der Waals surface area contributed by atoms with Crippen LogP contribution in [0.1, 0.15) is 12.1 Å². The van der Waals surface area contributed by atoms with Crippen molar-refractivity contribution in [2.75, 3.05) is 12.4 Å². The molecule has 1 aromatic heterocycles. The lowest BCUT2D eigenvalue weighted by Crippen LogP contribution is -2.13. The van der Waals surface area contributed by atoms with E-state index in [4.69, 9.17) is 16.3 Å². The minimum absolute atomic E-state index is 0.0348. The molecule has 0 fully saturated rings. The highest BCUT2D eigenvalue weighted by molar-refractivity contribution is 6.32. The lowest BCUT2D eigenvalue weighted by molar-refractivity contribution is -0.116. The number of nitrogens with one attached hydrogen (secondary N) is 1. The maximum Gasteiger partial charge on any atom is 0.224 e. The van der Waals surface area contributed by atoms with Gasteiger partial charge in [-0.1, -0.05) is 11.6 Å². The van der Waals surface area contributed by atoms with Crippen LogP contribution >= 0.6 is 11.6 Å². The summed E-state index contributed by atoms with van der Waals surface area (Å²) < 4.78 is 7.08. The molecule has 0 aliphatic carbocycles. The summed E-state index contributed by atoms with van der Waals surface area (Å²) in [4.78, 5) is 11.9. The number of amides is 1. The Bertz CT molecular complexity index is 608. The summed E-state index contributed by atoms with van der Waals surface area (Å²) in [6.07, 6.45) is 3.11. The molecule has 1 amide bonds. The smallest absolute Gasteiger partial charge is 0.224 e. The molecule has 4 nitrogen and oxygen atoms in total. The molecule has 0 saturated heterocycles.